The third kappa shape index (κ3) is 3.42. The van der Waals surface area contributed by atoms with Crippen molar-refractivity contribution in [3.05, 3.63) is 28.8 Å². The third-order valence-corrected chi connectivity index (χ3v) is 2.12. The van der Waals surface area contributed by atoms with Crippen molar-refractivity contribution in [2.75, 3.05) is 7.11 Å². The van der Waals surface area contributed by atoms with Gasteiger partial charge in [0.1, 0.15) is 11.8 Å². The number of carbonyl (C=O) groups excluding carboxylic acids is 1. The minimum atomic E-state index is -0.743. The Hall–Kier alpha value is -1.26. The first kappa shape index (κ1) is 11.8. The number of hydrogen-bond donors (Lipinski definition) is 2. The summed E-state index contributed by atoms with van der Waals surface area (Å²) in [6, 6.07) is 3.82. The molecular formula is C10H12ClNO3. The molecule has 0 saturated heterocycles. The molecule has 0 aromatic heterocycles. The molecule has 1 aromatic rings. The zero-order valence-corrected chi connectivity index (χ0v) is 8.99. The average Bonchev–Trinajstić information content (AvgIpc) is 2.14. The van der Waals surface area contributed by atoms with Gasteiger partial charge in [0.05, 0.1) is 7.11 Å². The van der Waals surface area contributed by atoms with E-state index in [1.54, 1.807) is 6.07 Å². The average molecular weight is 230 g/mol. The van der Waals surface area contributed by atoms with Gasteiger partial charge in [0.15, 0.2) is 0 Å². The van der Waals surface area contributed by atoms with E-state index in [0.29, 0.717) is 10.6 Å². The van der Waals surface area contributed by atoms with E-state index in [1.807, 2.05) is 0 Å². The SMILES string of the molecule is COC(=O)[C@@H](N)Cc1cc(O)cc(Cl)c1. The summed E-state index contributed by atoms with van der Waals surface area (Å²) < 4.78 is 4.49. The maximum atomic E-state index is 11.0. The largest absolute Gasteiger partial charge is 0.508 e. The standard InChI is InChI=1S/C10H12ClNO3/c1-15-10(14)9(12)4-6-2-7(11)5-8(13)3-6/h2-3,5,9,13H,4,12H2,1H3/t9-/m0/s1. The first-order chi connectivity index (χ1) is 7.02. The van der Waals surface area contributed by atoms with E-state index < -0.39 is 12.0 Å². The van der Waals surface area contributed by atoms with E-state index in [-0.39, 0.29) is 12.2 Å². The van der Waals surface area contributed by atoms with Crippen LogP contribution in [0.4, 0.5) is 0 Å². The number of esters is 1. The van der Waals surface area contributed by atoms with Gasteiger partial charge in [-0.15, -0.1) is 0 Å². The van der Waals surface area contributed by atoms with Crippen LogP contribution < -0.4 is 5.73 Å². The molecule has 1 atom stereocenters. The van der Waals surface area contributed by atoms with Crippen molar-refractivity contribution in [2.24, 2.45) is 5.73 Å². The van der Waals surface area contributed by atoms with Gasteiger partial charge in [-0.25, -0.2) is 0 Å². The highest BCUT2D eigenvalue weighted by atomic mass is 35.5. The van der Waals surface area contributed by atoms with Crippen molar-refractivity contribution in [1.82, 2.24) is 0 Å². The molecule has 0 amide bonds. The molecule has 0 heterocycles. The Morgan fingerprint density at radius 2 is 2.27 bits per heavy atom. The van der Waals surface area contributed by atoms with Crippen LogP contribution in [0.5, 0.6) is 5.75 Å². The number of benzene rings is 1. The van der Waals surface area contributed by atoms with Crippen LogP contribution in [0.2, 0.25) is 5.02 Å². The number of aromatic hydroxyl groups is 1. The van der Waals surface area contributed by atoms with Gasteiger partial charge in [0.2, 0.25) is 0 Å². The molecular weight excluding hydrogens is 218 g/mol. The van der Waals surface area contributed by atoms with Gasteiger partial charge >= 0.3 is 5.97 Å². The number of phenolic OH excluding ortho intramolecular Hbond substituents is 1. The topological polar surface area (TPSA) is 72.5 Å². The summed E-state index contributed by atoms with van der Waals surface area (Å²) in [7, 11) is 1.28. The van der Waals surface area contributed by atoms with Gasteiger partial charge in [0, 0.05) is 5.02 Å². The van der Waals surface area contributed by atoms with Crippen molar-refractivity contribution in [3.8, 4) is 5.75 Å². The molecule has 0 spiro atoms. The Morgan fingerprint density at radius 1 is 1.60 bits per heavy atom. The van der Waals surface area contributed by atoms with E-state index in [2.05, 4.69) is 4.74 Å². The van der Waals surface area contributed by atoms with Crippen LogP contribution >= 0.6 is 11.6 Å². The van der Waals surface area contributed by atoms with E-state index in [1.165, 1.54) is 19.2 Å². The van der Waals surface area contributed by atoms with Gasteiger partial charge in [-0.2, -0.15) is 0 Å². The summed E-state index contributed by atoms with van der Waals surface area (Å²) in [5.74, 6) is -0.441. The maximum Gasteiger partial charge on any atom is 0.322 e. The number of methoxy groups -OCH3 is 1. The Morgan fingerprint density at radius 3 is 2.80 bits per heavy atom. The zero-order chi connectivity index (χ0) is 11.4. The Balaban J connectivity index is 2.76. The van der Waals surface area contributed by atoms with Crippen molar-refractivity contribution in [3.63, 3.8) is 0 Å². The summed E-state index contributed by atoms with van der Waals surface area (Å²) in [6.07, 6.45) is 0.279. The lowest BCUT2D eigenvalue weighted by Crippen LogP contribution is -2.33. The fourth-order valence-corrected chi connectivity index (χ4v) is 1.49. The highest BCUT2D eigenvalue weighted by Crippen LogP contribution is 2.20. The van der Waals surface area contributed by atoms with E-state index >= 15 is 0 Å². The number of halogens is 1. The molecule has 1 aromatic carbocycles. The van der Waals surface area contributed by atoms with Gasteiger partial charge in [0.25, 0.3) is 0 Å². The van der Waals surface area contributed by atoms with E-state index in [4.69, 9.17) is 17.3 Å². The van der Waals surface area contributed by atoms with Crippen molar-refractivity contribution < 1.29 is 14.6 Å². The Labute approximate surface area is 92.6 Å². The minimum Gasteiger partial charge on any atom is -0.508 e. The molecule has 1 rings (SSSR count). The number of carbonyl (C=O) groups is 1. The van der Waals surface area contributed by atoms with Crippen LogP contribution in [0.1, 0.15) is 5.56 Å². The van der Waals surface area contributed by atoms with E-state index in [0.717, 1.165) is 0 Å². The number of ether oxygens (including phenoxy) is 1. The second kappa shape index (κ2) is 5.00. The minimum absolute atomic E-state index is 0.0505. The molecule has 0 unspecified atom stereocenters. The summed E-state index contributed by atoms with van der Waals surface area (Å²) >= 11 is 5.73. The highest BCUT2D eigenvalue weighted by molar-refractivity contribution is 6.30. The van der Waals surface area contributed by atoms with Gasteiger partial charge in [-0.3, -0.25) is 4.79 Å². The number of nitrogens with two attached hydrogens (primary N) is 1. The van der Waals surface area contributed by atoms with Crippen LogP contribution in [0.15, 0.2) is 18.2 Å². The normalized spacial score (nSPS) is 12.2. The molecule has 5 heteroatoms. The van der Waals surface area contributed by atoms with Crippen molar-refractivity contribution >= 4 is 17.6 Å². The second-order valence-electron chi connectivity index (χ2n) is 3.15. The van der Waals surface area contributed by atoms with Crippen molar-refractivity contribution in [1.29, 1.82) is 0 Å². The molecule has 0 radical (unpaired) electrons. The zero-order valence-electron chi connectivity index (χ0n) is 8.24. The molecule has 0 saturated carbocycles. The smallest absolute Gasteiger partial charge is 0.322 e. The predicted octanol–water partition coefficient (Wildman–Crippen LogP) is 1.09. The first-order valence-corrected chi connectivity index (χ1v) is 4.72. The molecule has 0 fully saturated rings. The van der Waals surface area contributed by atoms with Crippen LogP contribution in [0.3, 0.4) is 0 Å². The fraction of sp³-hybridized carbons (Fsp3) is 0.300. The van der Waals surface area contributed by atoms with Crippen LogP contribution in [-0.2, 0) is 16.0 Å². The van der Waals surface area contributed by atoms with Crippen LogP contribution in [0, 0.1) is 0 Å². The molecule has 0 aliphatic heterocycles. The molecule has 0 aliphatic carbocycles. The Bertz CT molecular complexity index is 347. The third-order valence-electron chi connectivity index (χ3n) is 1.90. The highest BCUT2D eigenvalue weighted by Gasteiger charge is 2.14. The number of phenols is 1. The quantitative estimate of drug-likeness (QED) is 0.761. The molecule has 0 aliphatic rings. The second-order valence-corrected chi connectivity index (χ2v) is 3.59. The van der Waals surface area contributed by atoms with Gasteiger partial charge in [-0.05, 0) is 30.2 Å². The van der Waals surface area contributed by atoms with Gasteiger partial charge in [-0.1, -0.05) is 11.6 Å². The molecule has 82 valence electrons. The summed E-state index contributed by atoms with van der Waals surface area (Å²) in [5, 5.41) is 9.67. The summed E-state index contributed by atoms with van der Waals surface area (Å²) in [4.78, 5) is 11.0. The van der Waals surface area contributed by atoms with Gasteiger partial charge < -0.3 is 15.6 Å². The monoisotopic (exact) mass is 229 g/mol. The molecule has 3 N–H and O–H groups in total. The molecule has 4 nitrogen and oxygen atoms in total. The number of rotatable bonds is 3. The fourth-order valence-electron chi connectivity index (χ4n) is 1.24. The lowest BCUT2D eigenvalue weighted by molar-refractivity contribution is -0.142. The molecule has 15 heavy (non-hydrogen) atoms. The van der Waals surface area contributed by atoms with Crippen LogP contribution in [-0.4, -0.2) is 24.2 Å². The van der Waals surface area contributed by atoms with Crippen LogP contribution in [0.25, 0.3) is 0 Å². The molecule has 0 bridgehead atoms. The summed E-state index contributed by atoms with van der Waals surface area (Å²) in [5.41, 5.74) is 6.25. The number of hydrogen-bond acceptors (Lipinski definition) is 4. The first-order valence-electron chi connectivity index (χ1n) is 4.34. The lowest BCUT2D eigenvalue weighted by Gasteiger charge is -2.09. The van der Waals surface area contributed by atoms with Crippen molar-refractivity contribution in [2.45, 2.75) is 12.5 Å². The Kier molecular flexibility index (Phi) is 3.94. The maximum absolute atomic E-state index is 11.0. The summed E-state index contributed by atoms with van der Waals surface area (Å²) in [6.45, 7) is 0. The predicted molar refractivity (Wildman–Crippen MR) is 56.8 cm³/mol. The lowest BCUT2D eigenvalue weighted by atomic mass is 10.1. The van der Waals surface area contributed by atoms with E-state index in [9.17, 15) is 9.90 Å².